The van der Waals surface area contributed by atoms with Crippen molar-refractivity contribution in [3.05, 3.63) is 29.8 Å². The molecule has 1 amide bonds. The van der Waals surface area contributed by atoms with Gasteiger partial charge < -0.3 is 10.4 Å². The summed E-state index contributed by atoms with van der Waals surface area (Å²) in [7, 11) is 0. The maximum atomic E-state index is 12.3. The Morgan fingerprint density at radius 1 is 1.29 bits per heavy atom. The van der Waals surface area contributed by atoms with Crippen molar-refractivity contribution >= 4 is 29.3 Å². The molecule has 5 heteroatoms. The molecular formula is C16H23NO3S. The number of thioether (sulfide) groups is 1. The monoisotopic (exact) mass is 309 g/mol. The van der Waals surface area contributed by atoms with Gasteiger partial charge in [0.2, 0.25) is 5.91 Å². The SMILES string of the molecule is CCSC(C(=O)Nc1cccc(C(C)C(=O)O)c1)C(C)C. The van der Waals surface area contributed by atoms with Gasteiger partial charge in [-0.3, -0.25) is 9.59 Å². The molecule has 21 heavy (non-hydrogen) atoms. The number of anilines is 1. The highest BCUT2D eigenvalue weighted by molar-refractivity contribution is 8.00. The van der Waals surface area contributed by atoms with Crippen LogP contribution in [0.5, 0.6) is 0 Å². The molecule has 1 rings (SSSR count). The Kier molecular flexibility index (Phi) is 6.75. The molecule has 2 unspecified atom stereocenters. The molecule has 2 N–H and O–H groups in total. The Morgan fingerprint density at radius 3 is 2.48 bits per heavy atom. The van der Waals surface area contributed by atoms with Crippen molar-refractivity contribution in [2.45, 2.75) is 38.9 Å². The van der Waals surface area contributed by atoms with Crippen molar-refractivity contribution in [1.82, 2.24) is 0 Å². The summed E-state index contributed by atoms with van der Waals surface area (Å²) < 4.78 is 0. The van der Waals surface area contributed by atoms with Gasteiger partial charge in [0.05, 0.1) is 11.2 Å². The zero-order chi connectivity index (χ0) is 16.0. The van der Waals surface area contributed by atoms with Crippen LogP contribution in [-0.4, -0.2) is 28.0 Å². The van der Waals surface area contributed by atoms with Crippen molar-refractivity contribution in [1.29, 1.82) is 0 Å². The first-order chi connectivity index (χ1) is 9.86. The molecule has 0 aliphatic rings. The average molecular weight is 309 g/mol. The van der Waals surface area contributed by atoms with E-state index in [2.05, 4.69) is 5.32 Å². The molecule has 4 nitrogen and oxygen atoms in total. The number of carbonyl (C=O) groups excluding carboxylic acids is 1. The van der Waals surface area contributed by atoms with E-state index in [9.17, 15) is 9.59 Å². The minimum Gasteiger partial charge on any atom is -0.481 e. The zero-order valence-corrected chi connectivity index (χ0v) is 13.7. The third kappa shape index (κ3) is 5.08. The average Bonchev–Trinajstić information content (AvgIpc) is 2.43. The summed E-state index contributed by atoms with van der Waals surface area (Å²) in [4.78, 5) is 23.3. The van der Waals surface area contributed by atoms with E-state index >= 15 is 0 Å². The van der Waals surface area contributed by atoms with Crippen LogP contribution in [0.2, 0.25) is 0 Å². The lowest BCUT2D eigenvalue weighted by atomic mass is 10.0. The van der Waals surface area contributed by atoms with Crippen molar-refractivity contribution in [2.24, 2.45) is 5.92 Å². The van der Waals surface area contributed by atoms with Crippen molar-refractivity contribution in [2.75, 3.05) is 11.1 Å². The lowest BCUT2D eigenvalue weighted by Gasteiger charge is -2.19. The molecule has 0 saturated carbocycles. The van der Waals surface area contributed by atoms with Crippen LogP contribution < -0.4 is 5.32 Å². The predicted molar refractivity (Wildman–Crippen MR) is 87.9 cm³/mol. The first kappa shape index (κ1) is 17.6. The van der Waals surface area contributed by atoms with E-state index in [0.717, 1.165) is 5.75 Å². The quantitative estimate of drug-likeness (QED) is 0.808. The molecule has 1 aromatic carbocycles. The summed E-state index contributed by atoms with van der Waals surface area (Å²) in [6.45, 7) is 7.71. The Hall–Kier alpha value is -1.49. The van der Waals surface area contributed by atoms with E-state index in [1.807, 2.05) is 20.8 Å². The fraction of sp³-hybridized carbons (Fsp3) is 0.500. The zero-order valence-electron chi connectivity index (χ0n) is 12.9. The predicted octanol–water partition coefficient (Wildman–Crippen LogP) is 3.59. The van der Waals surface area contributed by atoms with E-state index in [0.29, 0.717) is 11.3 Å². The second kappa shape index (κ2) is 8.08. The summed E-state index contributed by atoms with van der Waals surface area (Å²) in [5.41, 5.74) is 1.33. The van der Waals surface area contributed by atoms with Gasteiger partial charge in [0.15, 0.2) is 0 Å². The molecule has 1 aromatic rings. The molecule has 2 atom stereocenters. The van der Waals surface area contributed by atoms with Gasteiger partial charge >= 0.3 is 5.97 Å². The number of hydrogen-bond acceptors (Lipinski definition) is 3. The van der Waals surface area contributed by atoms with E-state index in [1.54, 1.807) is 43.0 Å². The minimum absolute atomic E-state index is 0.0306. The summed E-state index contributed by atoms with van der Waals surface area (Å²) in [6.07, 6.45) is 0. The molecule has 0 saturated heterocycles. The van der Waals surface area contributed by atoms with E-state index < -0.39 is 11.9 Å². The molecule has 116 valence electrons. The highest BCUT2D eigenvalue weighted by atomic mass is 32.2. The lowest BCUT2D eigenvalue weighted by Crippen LogP contribution is -2.29. The van der Waals surface area contributed by atoms with Gasteiger partial charge in [-0.1, -0.05) is 32.9 Å². The van der Waals surface area contributed by atoms with Crippen LogP contribution in [0.4, 0.5) is 5.69 Å². The second-order valence-electron chi connectivity index (χ2n) is 5.29. The molecule has 0 fully saturated rings. The first-order valence-electron chi connectivity index (χ1n) is 7.12. The van der Waals surface area contributed by atoms with Gasteiger partial charge in [0.1, 0.15) is 0 Å². The summed E-state index contributed by atoms with van der Waals surface area (Å²) in [5.74, 6) is -0.368. The van der Waals surface area contributed by atoms with Crippen LogP contribution in [0, 0.1) is 5.92 Å². The number of nitrogens with one attached hydrogen (secondary N) is 1. The standard InChI is InChI=1S/C16H23NO3S/c1-5-21-14(10(2)3)15(18)17-13-8-6-7-12(9-13)11(4)16(19)20/h6-11,14H,5H2,1-4H3,(H,17,18)(H,19,20). The molecule has 0 aliphatic carbocycles. The van der Waals surface area contributed by atoms with Gasteiger partial charge in [0, 0.05) is 5.69 Å². The van der Waals surface area contributed by atoms with E-state index in [1.165, 1.54) is 0 Å². The maximum absolute atomic E-state index is 12.3. The number of carboxylic acids is 1. The van der Waals surface area contributed by atoms with Gasteiger partial charge in [-0.05, 0) is 36.3 Å². The number of carbonyl (C=O) groups is 2. The van der Waals surface area contributed by atoms with Crippen LogP contribution >= 0.6 is 11.8 Å². The first-order valence-corrected chi connectivity index (χ1v) is 8.16. The van der Waals surface area contributed by atoms with E-state index in [4.69, 9.17) is 5.11 Å². The highest BCUT2D eigenvalue weighted by Crippen LogP contribution is 2.23. The normalized spacial score (nSPS) is 13.8. The third-order valence-electron chi connectivity index (χ3n) is 3.23. The number of hydrogen-bond donors (Lipinski definition) is 2. The van der Waals surface area contributed by atoms with Crippen molar-refractivity contribution in [3.63, 3.8) is 0 Å². The van der Waals surface area contributed by atoms with Crippen LogP contribution in [-0.2, 0) is 9.59 Å². The molecule has 0 bridgehead atoms. The Bertz CT molecular complexity index is 502. The van der Waals surface area contributed by atoms with Crippen molar-refractivity contribution in [3.8, 4) is 0 Å². The number of aliphatic carboxylic acids is 1. The second-order valence-corrected chi connectivity index (χ2v) is 6.71. The minimum atomic E-state index is -0.875. The van der Waals surface area contributed by atoms with E-state index in [-0.39, 0.29) is 17.1 Å². The van der Waals surface area contributed by atoms with Gasteiger partial charge in [-0.15, -0.1) is 11.8 Å². The largest absolute Gasteiger partial charge is 0.481 e. The van der Waals surface area contributed by atoms with Crippen LogP contribution in [0.25, 0.3) is 0 Å². The van der Waals surface area contributed by atoms with Gasteiger partial charge in [-0.25, -0.2) is 0 Å². The molecule has 0 heterocycles. The molecular weight excluding hydrogens is 286 g/mol. The van der Waals surface area contributed by atoms with Crippen LogP contribution in [0.3, 0.4) is 0 Å². The Balaban J connectivity index is 2.85. The summed E-state index contributed by atoms with van der Waals surface area (Å²) in [6, 6.07) is 7.03. The maximum Gasteiger partial charge on any atom is 0.310 e. The lowest BCUT2D eigenvalue weighted by molar-refractivity contribution is -0.138. The molecule has 0 aliphatic heterocycles. The fourth-order valence-electron chi connectivity index (χ4n) is 1.99. The molecule has 0 radical (unpaired) electrons. The molecule has 0 spiro atoms. The Labute approximate surface area is 130 Å². The van der Waals surface area contributed by atoms with Gasteiger partial charge in [-0.2, -0.15) is 0 Å². The molecule has 0 aromatic heterocycles. The number of rotatable bonds is 7. The smallest absolute Gasteiger partial charge is 0.310 e. The highest BCUT2D eigenvalue weighted by Gasteiger charge is 2.22. The van der Waals surface area contributed by atoms with Crippen LogP contribution in [0.15, 0.2) is 24.3 Å². The fourth-order valence-corrected chi connectivity index (χ4v) is 2.95. The Morgan fingerprint density at radius 2 is 1.95 bits per heavy atom. The number of benzene rings is 1. The number of carboxylic acid groups (broad SMARTS) is 1. The van der Waals surface area contributed by atoms with Gasteiger partial charge in [0.25, 0.3) is 0 Å². The van der Waals surface area contributed by atoms with Crippen LogP contribution in [0.1, 0.15) is 39.2 Å². The topological polar surface area (TPSA) is 66.4 Å². The summed E-state index contributed by atoms with van der Waals surface area (Å²) >= 11 is 1.62. The number of amides is 1. The third-order valence-corrected chi connectivity index (χ3v) is 4.69. The van der Waals surface area contributed by atoms with Crippen molar-refractivity contribution < 1.29 is 14.7 Å². The summed E-state index contributed by atoms with van der Waals surface area (Å²) in [5, 5.41) is 11.8.